The van der Waals surface area contributed by atoms with E-state index in [4.69, 9.17) is 9.84 Å². The van der Waals surface area contributed by atoms with Crippen LogP contribution in [0.2, 0.25) is 0 Å². The number of carbonyl (C=O) groups is 3. The van der Waals surface area contributed by atoms with Crippen LogP contribution >= 0.6 is 0 Å². The molecule has 0 spiro atoms. The van der Waals surface area contributed by atoms with Crippen molar-refractivity contribution in [3.05, 3.63) is 89.5 Å². The van der Waals surface area contributed by atoms with E-state index in [1.165, 1.54) is 13.2 Å². The number of fused-ring (bicyclic) bond motifs is 2. The number of allylic oxidation sites excluding steroid dienone is 1. The fourth-order valence-corrected chi connectivity index (χ4v) is 6.49. The summed E-state index contributed by atoms with van der Waals surface area (Å²) < 4.78 is 97.8. The van der Waals surface area contributed by atoms with E-state index in [9.17, 15) is 40.4 Å². The predicted octanol–water partition coefficient (Wildman–Crippen LogP) is 5.19. The third-order valence-electron chi connectivity index (χ3n) is 7.82. The van der Waals surface area contributed by atoms with Gasteiger partial charge >= 0.3 is 11.5 Å². The normalized spacial score (nSPS) is 20.6. The summed E-state index contributed by atoms with van der Waals surface area (Å²) in [4.78, 5) is 37.0. The molecule has 45 heavy (non-hydrogen) atoms. The van der Waals surface area contributed by atoms with Crippen LogP contribution in [-0.4, -0.2) is 50.0 Å². The molecule has 3 aromatic carbocycles. The summed E-state index contributed by atoms with van der Waals surface area (Å²) in [5.74, 6) is -6.71. The molecule has 1 saturated carbocycles. The number of nitrogens with one attached hydrogen (secondary N) is 2. The molecule has 2 aliphatic carbocycles. The van der Waals surface area contributed by atoms with Gasteiger partial charge in [0.15, 0.2) is 0 Å². The number of hydrogen-bond donors (Lipinski definition) is 3. The number of aromatic carboxylic acids is 1. The van der Waals surface area contributed by atoms with Crippen LogP contribution in [0, 0.1) is 29.4 Å². The Bertz CT molecular complexity index is 1860. The van der Waals surface area contributed by atoms with E-state index in [2.05, 4.69) is 10.6 Å². The monoisotopic (exact) mass is 650 g/mol. The fourth-order valence-electron chi connectivity index (χ4n) is 5.68. The topological polar surface area (TPSA) is 139 Å². The van der Waals surface area contributed by atoms with Crippen LogP contribution in [0.4, 0.5) is 27.6 Å². The number of hydrogen-bond acceptors (Lipinski definition) is 6. The largest absolute Gasteiger partial charge is 0.501 e. The Hall–Kier alpha value is -4.79. The summed E-state index contributed by atoms with van der Waals surface area (Å²) in [6.07, 6.45) is 4.02. The van der Waals surface area contributed by atoms with Crippen LogP contribution in [0.1, 0.15) is 27.1 Å². The minimum absolute atomic E-state index is 0.206. The molecule has 0 aliphatic heterocycles. The van der Waals surface area contributed by atoms with Crippen molar-refractivity contribution in [2.45, 2.75) is 22.9 Å². The van der Waals surface area contributed by atoms with Gasteiger partial charge in [-0.15, -0.1) is 0 Å². The number of sulfone groups is 1. The first kappa shape index (κ1) is 31.6. The van der Waals surface area contributed by atoms with Crippen molar-refractivity contribution in [3.63, 3.8) is 0 Å². The number of benzene rings is 3. The molecule has 3 aromatic rings. The zero-order chi connectivity index (χ0) is 32.8. The van der Waals surface area contributed by atoms with Gasteiger partial charge in [0.2, 0.25) is 5.91 Å². The number of carboxylic acids is 1. The molecule has 2 bridgehead atoms. The first-order chi connectivity index (χ1) is 21.1. The maximum Gasteiger partial charge on any atom is 0.501 e. The average Bonchev–Trinajstić information content (AvgIpc) is 3.58. The molecule has 3 N–H and O–H groups in total. The summed E-state index contributed by atoms with van der Waals surface area (Å²) in [7, 11) is -4.49. The van der Waals surface area contributed by atoms with Gasteiger partial charge < -0.3 is 20.5 Å². The van der Waals surface area contributed by atoms with Crippen molar-refractivity contribution in [2.75, 3.05) is 12.4 Å². The van der Waals surface area contributed by atoms with Gasteiger partial charge in [-0.3, -0.25) is 9.59 Å². The highest BCUT2D eigenvalue weighted by Gasteiger charge is 2.49. The SMILES string of the molecule is COc1cc(F)c(-c2ccc(C(=O)O)cc2F)cc1C(=O)N[C@H]1[C@@H](C(=O)Nc2cccc(S(=O)(=O)C(F)(F)F)c2)[C@@H]2C=C[C@H]1C2. The highest BCUT2D eigenvalue weighted by atomic mass is 32.2. The number of methoxy groups -OCH3 is 1. The highest BCUT2D eigenvalue weighted by molar-refractivity contribution is 7.92. The molecule has 15 heteroatoms. The maximum atomic E-state index is 15.0. The lowest BCUT2D eigenvalue weighted by atomic mass is 9.87. The third-order valence-corrected chi connectivity index (χ3v) is 9.30. The zero-order valence-electron chi connectivity index (χ0n) is 23.1. The van der Waals surface area contributed by atoms with Crippen molar-refractivity contribution in [1.82, 2.24) is 5.32 Å². The van der Waals surface area contributed by atoms with E-state index < -0.39 is 61.6 Å². The van der Waals surface area contributed by atoms with Crippen molar-refractivity contribution in [2.24, 2.45) is 17.8 Å². The van der Waals surface area contributed by atoms with Crippen molar-refractivity contribution < 1.29 is 54.6 Å². The molecule has 5 rings (SSSR count). The Morgan fingerprint density at radius 2 is 1.62 bits per heavy atom. The van der Waals surface area contributed by atoms with E-state index in [0.717, 1.165) is 36.4 Å². The molecular formula is C30H23F5N2O7S. The second-order valence-electron chi connectivity index (χ2n) is 10.5. The van der Waals surface area contributed by atoms with Crippen LogP contribution in [0.5, 0.6) is 5.75 Å². The predicted molar refractivity (Wildman–Crippen MR) is 149 cm³/mol. The van der Waals surface area contributed by atoms with Gasteiger partial charge in [0.05, 0.1) is 29.1 Å². The number of carboxylic acid groups (broad SMARTS) is 1. The molecule has 0 radical (unpaired) electrons. The van der Waals surface area contributed by atoms with Crippen LogP contribution in [0.3, 0.4) is 0 Å². The number of ether oxygens (including phenoxy) is 1. The molecule has 0 saturated heterocycles. The van der Waals surface area contributed by atoms with Gasteiger partial charge in [-0.2, -0.15) is 13.2 Å². The molecule has 1 fully saturated rings. The second kappa shape index (κ2) is 11.6. The summed E-state index contributed by atoms with van der Waals surface area (Å²) in [5.41, 5.74) is -7.01. The van der Waals surface area contributed by atoms with Crippen LogP contribution in [-0.2, 0) is 14.6 Å². The quantitative estimate of drug-likeness (QED) is 0.225. The maximum absolute atomic E-state index is 15.0. The van der Waals surface area contributed by atoms with Crippen LogP contribution in [0.15, 0.2) is 71.6 Å². The van der Waals surface area contributed by atoms with E-state index in [-0.39, 0.29) is 45.5 Å². The number of halogens is 5. The van der Waals surface area contributed by atoms with Crippen molar-refractivity contribution in [3.8, 4) is 16.9 Å². The molecular weight excluding hydrogens is 627 g/mol. The molecule has 0 heterocycles. The summed E-state index contributed by atoms with van der Waals surface area (Å²) in [6.45, 7) is 0. The lowest BCUT2D eigenvalue weighted by molar-refractivity contribution is -0.121. The van der Waals surface area contributed by atoms with Gasteiger partial charge in [0, 0.05) is 28.9 Å². The van der Waals surface area contributed by atoms with E-state index in [1.54, 1.807) is 12.2 Å². The Morgan fingerprint density at radius 3 is 2.27 bits per heavy atom. The Labute approximate surface area is 252 Å². The number of carbonyl (C=O) groups excluding carboxylic acids is 2. The van der Waals surface area contributed by atoms with Crippen LogP contribution in [0.25, 0.3) is 11.1 Å². The fraction of sp³-hybridized carbons (Fsp3) is 0.233. The van der Waals surface area contributed by atoms with Gasteiger partial charge in [0.1, 0.15) is 17.4 Å². The minimum atomic E-state index is -5.67. The Balaban J connectivity index is 1.41. The highest BCUT2D eigenvalue weighted by Crippen LogP contribution is 2.45. The molecule has 236 valence electrons. The van der Waals surface area contributed by atoms with Crippen LogP contribution < -0.4 is 15.4 Å². The summed E-state index contributed by atoms with van der Waals surface area (Å²) in [5, 5.41) is 14.3. The first-order valence-electron chi connectivity index (χ1n) is 13.2. The molecule has 2 amide bonds. The number of anilines is 1. The van der Waals surface area contributed by atoms with Gasteiger partial charge in [0.25, 0.3) is 15.7 Å². The van der Waals surface area contributed by atoms with E-state index >= 15 is 4.39 Å². The molecule has 2 aliphatic rings. The molecule has 9 nitrogen and oxygen atoms in total. The summed E-state index contributed by atoms with van der Waals surface area (Å²) in [6, 6.07) is 7.60. The molecule has 0 unspecified atom stereocenters. The van der Waals surface area contributed by atoms with Gasteiger partial charge in [-0.1, -0.05) is 24.3 Å². The van der Waals surface area contributed by atoms with E-state index in [0.29, 0.717) is 18.6 Å². The van der Waals surface area contributed by atoms with Crippen molar-refractivity contribution >= 4 is 33.3 Å². The van der Waals surface area contributed by atoms with E-state index in [1.807, 2.05) is 0 Å². The average molecular weight is 651 g/mol. The lowest BCUT2D eigenvalue weighted by Crippen LogP contribution is -2.47. The summed E-state index contributed by atoms with van der Waals surface area (Å²) >= 11 is 0. The standard InChI is InChI=1S/C30H23F5N2O7S/c1-44-24-13-23(32)20(19-8-7-16(29(40)41)10-22(19)31)12-21(24)27(38)37-26-15-6-5-14(9-15)25(26)28(39)36-17-3-2-4-18(11-17)45(42,43)30(33,34)35/h2-8,10-15,25-26H,9H2,1H3,(H,36,39)(H,37,38)(H,40,41)/t14-,15+,25+,26-/m1/s1. The number of rotatable bonds is 8. The molecule has 4 atom stereocenters. The first-order valence-corrected chi connectivity index (χ1v) is 14.7. The lowest BCUT2D eigenvalue weighted by Gasteiger charge is -2.28. The number of amides is 2. The smallest absolute Gasteiger partial charge is 0.496 e. The van der Waals surface area contributed by atoms with Crippen molar-refractivity contribution in [1.29, 1.82) is 0 Å². The van der Waals surface area contributed by atoms with Gasteiger partial charge in [-0.25, -0.2) is 22.0 Å². The number of alkyl halides is 3. The second-order valence-corrected chi connectivity index (χ2v) is 12.4. The van der Waals surface area contributed by atoms with Gasteiger partial charge in [-0.05, 0) is 54.7 Å². The minimum Gasteiger partial charge on any atom is -0.496 e. The Kier molecular flexibility index (Phi) is 8.16. The molecule has 0 aromatic heterocycles. The Morgan fingerprint density at radius 1 is 0.933 bits per heavy atom. The third kappa shape index (κ3) is 5.87. The zero-order valence-corrected chi connectivity index (χ0v) is 23.9.